The fourth-order valence-corrected chi connectivity index (χ4v) is 1.24. The lowest BCUT2D eigenvalue weighted by Gasteiger charge is -2.28. The Hall–Kier alpha value is -0.0800. The second kappa shape index (κ2) is 4.43. The Kier molecular flexibility index (Phi) is 3.74. The summed E-state index contributed by atoms with van der Waals surface area (Å²) in [6.45, 7) is 8.27. The lowest BCUT2D eigenvalue weighted by Crippen LogP contribution is -2.28. The highest BCUT2D eigenvalue weighted by atomic mass is 16.5. The van der Waals surface area contributed by atoms with E-state index in [2.05, 4.69) is 20.8 Å². The summed E-state index contributed by atoms with van der Waals surface area (Å²) in [4.78, 5) is 0. The minimum atomic E-state index is 0.151. The molecule has 0 amide bonds. The summed E-state index contributed by atoms with van der Waals surface area (Å²) >= 11 is 0. The average Bonchev–Trinajstić information content (AvgIpc) is 2.78. The van der Waals surface area contributed by atoms with E-state index in [1.807, 2.05) is 0 Å². The normalized spacial score (nSPS) is 20.3. The Morgan fingerprint density at radius 2 is 2.00 bits per heavy atom. The van der Waals surface area contributed by atoms with E-state index in [0.29, 0.717) is 6.61 Å². The Balaban J connectivity index is 2.14. The van der Waals surface area contributed by atoms with Crippen LogP contribution in [0.5, 0.6) is 0 Å². The molecule has 0 aromatic carbocycles. The maximum Gasteiger partial charge on any atom is 0.0521 e. The topological polar surface area (TPSA) is 29.5 Å². The molecule has 2 nitrogen and oxygen atoms in total. The molecule has 0 saturated heterocycles. The summed E-state index contributed by atoms with van der Waals surface area (Å²) in [6.07, 6.45) is 2.67. The van der Waals surface area contributed by atoms with Crippen molar-refractivity contribution in [1.29, 1.82) is 0 Å². The van der Waals surface area contributed by atoms with E-state index >= 15 is 0 Å². The first-order valence-electron chi connectivity index (χ1n) is 5.22. The second-order valence-electron chi connectivity index (χ2n) is 5.23. The molecule has 78 valence electrons. The van der Waals surface area contributed by atoms with Gasteiger partial charge in [0, 0.05) is 19.1 Å². The standard InChI is InChI=1S/C11H22O2/c1-11(2,3)10(6-12)8-13-7-9-4-5-9/h9-10,12H,4-8H2,1-3H3. The molecule has 2 heteroatoms. The van der Waals surface area contributed by atoms with Gasteiger partial charge in [0.25, 0.3) is 0 Å². The molecule has 0 spiro atoms. The molecule has 0 radical (unpaired) electrons. The molecule has 0 aromatic heterocycles. The Bertz CT molecular complexity index is 145. The van der Waals surface area contributed by atoms with Crippen LogP contribution in [0.1, 0.15) is 33.6 Å². The Labute approximate surface area is 81.3 Å². The molecule has 0 aromatic rings. The van der Waals surface area contributed by atoms with Crippen LogP contribution in [-0.2, 0) is 4.74 Å². The molecule has 1 aliphatic rings. The molecule has 1 N–H and O–H groups in total. The monoisotopic (exact) mass is 186 g/mol. The van der Waals surface area contributed by atoms with Crippen LogP contribution < -0.4 is 0 Å². The molecule has 1 unspecified atom stereocenters. The van der Waals surface area contributed by atoms with Gasteiger partial charge >= 0.3 is 0 Å². The van der Waals surface area contributed by atoms with Crippen molar-refractivity contribution in [3.63, 3.8) is 0 Å². The van der Waals surface area contributed by atoms with Crippen molar-refractivity contribution >= 4 is 0 Å². The van der Waals surface area contributed by atoms with Gasteiger partial charge in [0.15, 0.2) is 0 Å². The highest BCUT2D eigenvalue weighted by Gasteiger charge is 2.26. The first-order chi connectivity index (χ1) is 6.04. The average molecular weight is 186 g/mol. The van der Waals surface area contributed by atoms with Gasteiger partial charge in [0.1, 0.15) is 0 Å². The highest BCUT2D eigenvalue weighted by Crippen LogP contribution is 2.30. The van der Waals surface area contributed by atoms with Gasteiger partial charge in [-0.1, -0.05) is 20.8 Å². The van der Waals surface area contributed by atoms with Gasteiger partial charge in [-0.25, -0.2) is 0 Å². The molecule has 0 aliphatic heterocycles. The lowest BCUT2D eigenvalue weighted by atomic mass is 9.82. The number of ether oxygens (including phenoxy) is 1. The van der Waals surface area contributed by atoms with Crippen molar-refractivity contribution in [3.8, 4) is 0 Å². The van der Waals surface area contributed by atoms with Crippen LogP contribution in [0.25, 0.3) is 0 Å². The van der Waals surface area contributed by atoms with Gasteiger partial charge in [0.2, 0.25) is 0 Å². The zero-order valence-electron chi connectivity index (χ0n) is 9.05. The van der Waals surface area contributed by atoms with Crippen LogP contribution in [0.2, 0.25) is 0 Å². The van der Waals surface area contributed by atoms with Crippen molar-refractivity contribution < 1.29 is 9.84 Å². The van der Waals surface area contributed by atoms with E-state index in [1.54, 1.807) is 0 Å². The van der Waals surface area contributed by atoms with E-state index in [-0.39, 0.29) is 17.9 Å². The maximum absolute atomic E-state index is 9.16. The van der Waals surface area contributed by atoms with Gasteiger partial charge in [0.05, 0.1) is 6.61 Å². The predicted molar refractivity (Wildman–Crippen MR) is 53.6 cm³/mol. The summed E-state index contributed by atoms with van der Waals surface area (Å²) in [7, 11) is 0. The molecular formula is C11H22O2. The number of rotatable bonds is 5. The summed E-state index contributed by atoms with van der Waals surface area (Å²) in [5, 5.41) is 9.16. The van der Waals surface area contributed by atoms with Gasteiger partial charge in [-0.05, 0) is 24.2 Å². The quantitative estimate of drug-likeness (QED) is 0.712. The fourth-order valence-electron chi connectivity index (χ4n) is 1.24. The van der Waals surface area contributed by atoms with E-state index in [0.717, 1.165) is 12.5 Å². The Morgan fingerprint density at radius 1 is 1.38 bits per heavy atom. The summed E-state index contributed by atoms with van der Waals surface area (Å²) in [6, 6.07) is 0. The van der Waals surface area contributed by atoms with Crippen LogP contribution in [0.15, 0.2) is 0 Å². The lowest BCUT2D eigenvalue weighted by molar-refractivity contribution is 0.0202. The van der Waals surface area contributed by atoms with E-state index in [9.17, 15) is 0 Å². The van der Waals surface area contributed by atoms with Crippen LogP contribution >= 0.6 is 0 Å². The van der Waals surface area contributed by atoms with Crippen molar-refractivity contribution in [2.45, 2.75) is 33.6 Å². The maximum atomic E-state index is 9.16. The smallest absolute Gasteiger partial charge is 0.0521 e. The summed E-state index contributed by atoms with van der Waals surface area (Å²) in [5.41, 5.74) is 0.151. The third kappa shape index (κ3) is 4.10. The number of aliphatic hydroxyl groups excluding tert-OH is 1. The number of hydrogen-bond donors (Lipinski definition) is 1. The summed E-state index contributed by atoms with van der Waals surface area (Å²) < 4.78 is 5.58. The highest BCUT2D eigenvalue weighted by molar-refractivity contribution is 4.75. The van der Waals surface area contributed by atoms with E-state index in [1.165, 1.54) is 12.8 Å². The second-order valence-corrected chi connectivity index (χ2v) is 5.23. The zero-order chi connectivity index (χ0) is 9.90. The van der Waals surface area contributed by atoms with Crippen molar-refractivity contribution in [3.05, 3.63) is 0 Å². The zero-order valence-corrected chi connectivity index (χ0v) is 9.05. The predicted octanol–water partition coefficient (Wildman–Crippen LogP) is 2.07. The molecule has 1 fully saturated rings. The third-order valence-electron chi connectivity index (χ3n) is 2.81. The van der Waals surface area contributed by atoms with E-state index in [4.69, 9.17) is 9.84 Å². The molecule has 1 rings (SSSR count). The van der Waals surface area contributed by atoms with Crippen molar-refractivity contribution in [2.24, 2.45) is 17.3 Å². The minimum absolute atomic E-state index is 0.151. The van der Waals surface area contributed by atoms with Crippen LogP contribution in [0.4, 0.5) is 0 Å². The molecule has 1 atom stereocenters. The fraction of sp³-hybridized carbons (Fsp3) is 1.00. The van der Waals surface area contributed by atoms with Crippen LogP contribution in [0.3, 0.4) is 0 Å². The molecular weight excluding hydrogens is 164 g/mol. The number of aliphatic hydroxyl groups is 1. The van der Waals surface area contributed by atoms with Gasteiger partial charge < -0.3 is 9.84 Å². The Morgan fingerprint density at radius 3 is 2.38 bits per heavy atom. The first-order valence-corrected chi connectivity index (χ1v) is 5.22. The van der Waals surface area contributed by atoms with Crippen LogP contribution in [-0.4, -0.2) is 24.9 Å². The van der Waals surface area contributed by atoms with Crippen LogP contribution in [0, 0.1) is 17.3 Å². The molecule has 13 heavy (non-hydrogen) atoms. The minimum Gasteiger partial charge on any atom is -0.396 e. The molecule has 1 saturated carbocycles. The van der Waals surface area contributed by atoms with Crippen molar-refractivity contribution in [1.82, 2.24) is 0 Å². The van der Waals surface area contributed by atoms with E-state index < -0.39 is 0 Å². The number of hydrogen-bond acceptors (Lipinski definition) is 2. The first kappa shape index (κ1) is 11.0. The molecule has 0 bridgehead atoms. The van der Waals surface area contributed by atoms with Gasteiger partial charge in [-0.2, -0.15) is 0 Å². The van der Waals surface area contributed by atoms with Gasteiger partial charge in [-0.15, -0.1) is 0 Å². The molecule has 1 aliphatic carbocycles. The summed E-state index contributed by atoms with van der Waals surface area (Å²) in [5.74, 6) is 1.09. The molecule has 0 heterocycles. The SMILES string of the molecule is CC(C)(C)C(CO)COCC1CC1. The van der Waals surface area contributed by atoms with Gasteiger partial charge in [-0.3, -0.25) is 0 Å². The van der Waals surface area contributed by atoms with Crippen molar-refractivity contribution in [2.75, 3.05) is 19.8 Å². The largest absolute Gasteiger partial charge is 0.396 e. The third-order valence-corrected chi connectivity index (χ3v) is 2.81.